The van der Waals surface area contributed by atoms with Crippen LogP contribution in [0, 0.1) is 5.41 Å². The Kier molecular flexibility index (Phi) is 4.74. The third-order valence-corrected chi connectivity index (χ3v) is 3.23. The third kappa shape index (κ3) is 4.94. The number of aliphatic carboxylic acids is 1. The SMILES string of the molecule is CN(C)CCCN(C)CC1(CC(=O)O)CC1. The van der Waals surface area contributed by atoms with Gasteiger partial charge in [0.15, 0.2) is 0 Å². The van der Waals surface area contributed by atoms with Crippen molar-refractivity contribution < 1.29 is 9.90 Å². The van der Waals surface area contributed by atoms with E-state index in [1.54, 1.807) is 0 Å². The monoisotopic (exact) mass is 228 g/mol. The van der Waals surface area contributed by atoms with Crippen LogP contribution in [0.2, 0.25) is 0 Å². The maximum Gasteiger partial charge on any atom is 0.303 e. The number of carbonyl (C=O) groups is 1. The van der Waals surface area contributed by atoms with E-state index >= 15 is 0 Å². The molecule has 4 heteroatoms. The predicted octanol–water partition coefficient (Wildman–Crippen LogP) is 1.12. The van der Waals surface area contributed by atoms with Crippen LogP contribution >= 0.6 is 0 Å². The average molecular weight is 228 g/mol. The van der Waals surface area contributed by atoms with Crippen LogP contribution in [-0.4, -0.2) is 61.7 Å². The number of hydrogen-bond acceptors (Lipinski definition) is 3. The summed E-state index contributed by atoms with van der Waals surface area (Å²) in [5, 5.41) is 8.83. The van der Waals surface area contributed by atoms with E-state index in [2.05, 4.69) is 30.9 Å². The molecule has 0 aromatic heterocycles. The van der Waals surface area contributed by atoms with E-state index in [1.165, 1.54) is 0 Å². The molecule has 1 aliphatic carbocycles. The quantitative estimate of drug-likeness (QED) is 0.676. The zero-order chi connectivity index (χ0) is 12.2. The molecule has 1 aliphatic rings. The highest BCUT2D eigenvalue weighted by molar-refractivity contribution is 5.68. The fourth-order valence-corrected chi connectivity index (χ4v) is 2.20. The fourth-order valence-electron chi connectivity index (χ4n) is 2.20. The van der Waals surface area contributed by atoms with Gasteiger partial charge < -0.3 is 14.9 Å². The van der Waals surface area contributed by atoms with Crippen molar-refractivity contribution in [1.29, 1.82) is 0 Å². The number of carboxylic acids is 1. The average Bonchev–Trinajstić information content (AvgIpc) is 2.82. The molecule has 0 atom stereocenters. The van der Waals surface area contributed by atoms with Crippen molar-refractivity contribution in [2.24, 2.45) is 5.41 Å². The maximum atomic E-state index is 10.7. The second-order valence-electron chi connectivity index (χ2n) is 5.47. The van der Waals surface area contributed by atoms with Gasteiger partial charge in [-0.3, -0.25) is 4.79 Å². The van der Waals surface area contributed by atoms with E-state index in [9.17, 15) is 4.79 Å². The highest BCUT2D eigenvalue weighted by Gasteiger charge is 2.44. The van der Waals surface area contributed by atoms with Gasteiger partial charge in [-0.15, -0.1) is 0 Å². The first kappa shape index (κ1) is 13.5. The van der Waals surface area contributed by atoms with Gasteiger partial charge in [-0.25, -0.2) is 0 Å². The van der Waals surface area contributed by atoms with Crippen LogP contribution < -0.4 is 0 Å². The molecule has 0 aliphatic heterocycles. The van der Waals surface area contributed by atoms with Crippen molar-refractivity contribution in [3.05, 3.63) is 0 Å². The van der Waals surface area contributed by atoms with Gasteiger partial charge in [0.05, 0.1) is 6.42 Å². The molecule has 0 aromatic carbocycles. The van der Waals surface area contributed by atoms with Crippen LogP contribution in [0.15, 0.2) is 0 Å². The van der Waals surface area contributed by atoms with Crippen molar-refractivity contribution in [3.63, 3.8) is 0 Å². The number of carboxylic acid groups (broad SMARTS) is 1. The maximum absolute atomic E-state index is 10.7. The Morgan fingerprint density at radius 2 is 1.88 bits per heavy atom. The van der Waals surface area contributed by atoms with Crippen LogP contribution in [0.4, 0.5) is 0 Å². The summed E-state index contributed by atoms with van der Waals surface area (Å²) in [6.45, 7) is 3.09. The molecule has 0 radical (unpaired) electrons. The first-order valence-electron chi connectivity index (χ1n) is 5.99. The molecule has 4 nitrogen and oxygen atoms in total. The van der Waals surface area contributed by atoms with E-state index < -0.39 is 5.97 Å². The van der Waals surface area contributed by atoms with E-state index in [-0.39, 0.29) is 5.41 Å². The molecule has 1 rings (SSSR count). The summed E-state index contributed by atoms with van der Waals surface area (Å²) in [6, 6.07) is 0. The van der Waals surface area contributed by atoms with Gasteiger partial charge in [0, 0.05) is 6.54 Å². The Labute approximate surface area is 98.2 Å². The summed E-state index contributed by atoms with van der Waals surface area (Å²) in [6.07, 6.45) is 3.65. The van der Waals surface area contributed by atoms with Gasteiger partial charge in [0.25, 0.3) is 0 Å². The normalized spacial score (nSPS) is 18.1. The molecule has 0 amide bonds. The second-order valence-corrected chi connectivity index (χ2v) is 5.47. The number of nitrogens with zero attached hydrogens (tertiary/aromatic N) is 2. The van der Waals surface area contributed by atoms with Crippen molar-refractivity contribution in [2.45, 2.75) is 25.7 Å². The molecule has 94 valence electrons. The molecule has 0 aromatic rings. The molecule has 0 heterocycles. The van der Waals surface area contributed by atoms with Crippen LogP contribution in [0.3, 0.4) is 0 Å². The molecule has 0 saturated heterocycles. The molecular weight excluding hydrogens is 204 g/mol. The Hall–Kier alpha value is -0.610. The zero-order valence-electron chi connectivity index (χ0n) is 10.7. The van der Waals surface area contributed by atoms with Crippen molar-refractivity contribution in [2.75, 3.05) is 40.8 Å². The third-order valence-electron chi connectivity index (χ3n) is 3.23. The lowest BCUT2D eigenvalue weighted by Crippen LogP contribution is -2.30. The van der Waals surface area contributed by atoms with E-state index in [0.717, 1.165) is 38.9 Å². The molecule has 1 N–H and O–H groups in total. The van der Waals surface area contributed by atoms with E-state index in [4.69, 9.17) is 5.11 Å². The second kappa shape index (κ2) is 5.64. The lowest BCUT2D eigenvalue weighted by atomic mass is 10.0. The van der Waals surface area contributed by atoms with Crippen molar-refractivity contribution in [1.82, 2.24) is 9.80 Å². The fraction of sp³-hybridized carbons (Fsp3) is 0.917. The summed E-state index contributed by atoms with van der Waals surface area (Å²) < 4.78 is 0. The minimum Gasteiger partial charge on any atom is -0.481 e. The summed E-state index contributed by atoms with van der Waals surface area (Å²) in [5.74, 6) is -0.654. The van der Waals surface area contributed by atoms with Crippen LogP contribution in [0.5, 0.6) is 0 Å². The largest absolute Gasteiger partial charge is 0.481 e. The van der Waals surface area contributed by atoms with Gasteiger partial charge in [-0.1, -0.05) is 0 Å². The van der Waals surface area contributed by atoms with Crippen LogP contribution in [0.1, 0.15) is 25.7 Å². The first-order chi connectivity index (χ1) is 7.43. The molecule has 0 bridgehead atoms. The highest BCUT2D eigenvalue weighted by Crippen LogP contribution is 2.49. The minimum absolute atomic E-state index is 0.0959. The summed E-state index contributed by atoms with van der Waals surface area (Å²) in [5.41, 5.74) is 0.0959. The van der Waals surface area contributed by atoms with Gasteiger partial charge in [-0.2, -0.15) is 0 Å². The first-order valence-corrected chi connectivity index (χ1v) is 5.99. The Morgan fingerprint density at radius 1 is 1.25 bits per heavy atom. The molecule has 1 fully saturated rings. The number of rotatable bonds is 8. The molecular formula is C12H24N2O2. The van der Waals surface area contributed by atoms with Gasteiger partial charge in [0.1, 0.15) is 0 Å². The van der Waals surface area contributed by atoms with Crippen LogP contribution in [0.25, 0.3) is 0 Å². The lowest BCUT2D eigenvalue weighted by Gasteiger charge is -2.23. The zero-order valence-corrected chi connectivity index (χ0v) is 10.7. The van der Waals surface area contributed by atoms with Crippen molar-refractivity contribution in [3.8, 4) is 0 Å². The molecule has 0 spiro atoms. The summed E-state index contributed by atoms with van der Waals surface area (Å²) in [7, 11) is 6.25. The lowest BCUT2D eigenvalue weighted by molar-refractivity contribution is -0.138. The smallest absolute Gasteiger partial charge is 0.303 e. The Bertz CT molecular complexity index is 237. The Balaban J connectivity index is 2.18. The summed E-state index contributed by atoms with van der Waals surface area (Å²) >= 11 is 0. The van der Waals surface area contributed by atoms with Crippen molar-refractivity contribution >= 4 is 5.97 Å². The molecule has 1 saturated carbocycles. The Morgan fingerprint density at radius 3 is 2.31 bits per heavy atom. The molecule has 0 unspecified atom stereocenters. The standard InChI is InChI=1S/C12H24N2O2/c1-13(2)7-4-8-14(3)10-12(5-6-12)9-11(15)16/h4-10H2,1-3H3,(H,15,16). The minimum atomic E-state index is -0.654. The van der Waals surface area contributed by atoms with Crippen LogP contribution in [-0.2, 0) is 4.79 Å². The van der Waals surface area contributed by atoms with Gasteiger partial charge in [-0.05, 0) is 58.9 Å². The topological polar surface area (TPSA) is 43.8 Å². The highest BCUT2D eigenvalue weighted by atomic mass is 16.4. The summed E-state index contributed by atoms with van der Waals surface area (Å²) in [4.78, 5) is 15.2. The van der Waals surface area contributed by atoms with Gasteiger partial charge in [0.2, 0.25) is 0 Å². The van der Waals surface area contributed by atoms with E-state index in [1.807, 2.05) is 0 Å². The molecule has 16 heavy (non-hydrogen) atoms. The predicted molar refractivity (Wildman–Crippen MR) is 64.6 cm³/mol. The van der Waals surface area contributed by atoms with Gasteiger partial charge >= 0.3 is 5.97 Å². The number of hydrogen-bond donors (Lipinski definition) is 1. The van der Waals surface area contributed by atoms with E-state index in [0.29, 0.717) is 6.42 Å².